The summed E-state index contributed by atoms with van der Waals surface area (Å²) in [5.74, 6) is 0.449. The smallest absolute Gasteiger partial charge is 0.131 e. The maximum atomic E-state index is 7.15. The molecule has 6 heteroatoms. The second kappa shape index (κ2) is 21.8. The van der Waals surface area contributed by atoms with Crippen molar-refractivity contribution in [3.05, 3.63) is 320 Å². The van der Waals surface area contributed by atoms with Gasteiger partial charge in [-0.05, 0) is 134 Å². The van der Waals surface area contributed by atoms with Gasteiger partial charge in [0.2, 0.25) is 0 Å². The lowest BCUT2D eigenvalue weighted by Gasteiger charge is -2.12. The Bertz CT molecular complexity index is 5310. The summed E-state index contributed by atoms with van der Waals surface area (Å²) < 4.78 is 9.78. The van der Waals surface area contributed by atoms with Crippen molar-refractivity contribution < 1.29 is 0 Å². The number of amidine groups is 1. The van der Waals surface area contributed by atoms with E-state index in [1.165, 1.54) is 59.8 Å². The van der Waals surface area contributed by atoms with E-state index in [9.17, 15) is 0 Å². The summed E-state index contributed by atoms with van der Waals surface area (Å²) in [6.07, 6.45) is 6.90. The standard InChI is InChI=1S/C76H52N6.C4H8/c77-76(78-66(51-23-8-2-9-24-51)43-37-50-21-6-1-7-22-50)54-25-20-32-58(47-54)82-70-45-39-52(48-64(70)61-42-46-71-72(73(61)82)63-34-17-19-36-68(63)79(71)55-26-10-3-11-27-55)53-38-44-69-65(49-53)62-41-40-60-59-33-16-18-35-67(59)80(56-28-12-4-13-29-56)74(60)75(62)81(69)57-30-14-5-15-31-57;1-3-4-2/h1-36,38-49H,37H2,(H2,77,78);3-4H,1-2H3/b66-43-;4-3-. The number of hydrogen-bond donors (Lipinski definition) is 1. The van der Waals surface area contributed by atoms with E-state index < -0.39 is 0 Å². The molecule has 6 nitrogen and oxygen atoms in total. The van der Waals surface area contributed by atoms with Gasteiger partial charge in [-0.2, -0.15) is 0 Å². The first-order valence-corrected chi connectivity index (χ1v) is 29.5. The summed E-state index contributed by atoms with van der Waals surface area (Å²) in [7, 11) is 0. The zero-order chi connectivity index (χ0) is 57.7. The zero-order valence-electron chi connectivity index (χ0n) is 47.9. The maximum absolute atomic E-state index is 7.15. The highest BCUT2D eigenvalue weighted by atomic mass is 15.0. The minimum atomic E-state index is 0.449. The van der Waals surface area contributed by atoms with E-state index in [4.69, 9.17) is 10.7 Å². The number of aliphatic imine (C=N–C) groups is 1. The van der Waals surface area contributed by atoms with Crippen LogP contribution in [0.15, 0.2) is 308 Å². The molecule has 410 valence electrons. The van der Waals surface area contributed by atoms with Crippen molar-refractivity contribution in [3.8, 4) is 33.9 Å². The number of allylic oxidation sites excluding steroid dienone is 3. The SMILES string of the molecule is C/C=C\C.NC(=N/C(=C\Cc1ccccc1)c1ccccc1)c1cccc(-n2c3ccc(-c4ccc5c(c4)c4ccc6c7ccccc7n(-c7ccccc7)c6c4n5-c4ccccc4)cc3c3ccc4c(c5ccccc5n4-c4ccccc4)c32)c1. The van der Waals surface area contributed by atoms with Crippen molar-refractivity contribution in [3.63, 3.8) is 0 Å². The van der Waals surface area contributed by atoms with Crippen LogP contribution in [-0.2, 0) is 6.42 Å². The molecule has 0 amide bonds. The van der Waals surface area contributed by atoms with Crippen LogP contribution in [0.1, 0.15) is 30.5 Å². The minimum absolute atomic E-state index is 0.449. The fourth-order valence-electron chi connectivity index (χ4n) is 12.9. The Morgan fingerprint density at radius 1 is 0.337 bits per heavy atom. The third-order valence-corrected chi connectivity index (χ3v) is 16.9. The number of aromatic nitrogens is 4. The summed E-state index contributed by atoms with van der Waals surface area (Å²) >= 11 is 0. The molecule has 0 saturated heterocycles. The first kappa shape index (κ1) is 51.7. The molecular formula is C80H60N6. The second-order valence-electron chi connectivity index (χ2n) is 21.9. The van der Waals surface area contributed by atoms with Gasteiger partial charge in [0.05, 0.1) is 49.8 Å². The summed E-state index contributed by atoms with van der Waals surface area (Å²) in [4.78, 5) is 5.19. The predicted octanol–water partition coefficient (Wildman–Crippen LogP) is 20.3. The summed E-state index contributed by atoms with van der Waals surface area (Å²) in [5.41, 5.74) is 26.9. The molecule has 0 aliphatic carbocycles. The van der Waals surface area contributed by atoms with Gasteiger partial charge in [-0.25, -0.2) is 4.99 Å². The van der Waals surface area contributed by atoms with Gasteiger partial charge >= 0.3 is 0 Å². The average Bonchev–Trinajstić information content (AvgIpc) is 1.61. The Balaban J connectivity index is 0.00000152. The summed E-state index contributed by atoms with van der Waals surface area (Å²) in [6.45, 7) is 4.00. The predicted molar refractivity (Wildman–Crippen MR) is 365 cm³/mol. The molecule has 0 fully saturated rings. The molecule has 12 aromatic carbocycles. The highest BCUT2D eigenvalue weighted by Gasteiger charge is 2.24. The molecule has 0 unspecified atom stereocenters. The number of nitrogens with zero attached hydrogens (tertiary/aromatic N) is 5. The zero-order valence-corrected chi connectivity index (χ0v) is 47.9. The molecule has 0 bridgehead atoms. The van der Waals surface area contributed by atoms with E-state index >= 15 is 0 Å². The average molecular weight is 1110 g/mol. The van der Waals surface area contributed by atoms with Gasteiger partial charge in [0, 0.05) is 71.4 Å². The third kappa shape index (κ3) is 8.77. The quantitative estimate of drug-likeness (QED) is 0.0828. The van der Waals surface area contributed by atoms with Gasteiger partial charge < -0.3 is 24.0 Å². The van der Waals surface area contributed by atoms with Crippen LogP contribution in [0, 0.1) is 0 Å². The fraction of sp³-hybridized carbons (Fsp3) is 0.0375. The molecule has 0 aliphatic rings. The number of hydrogen-bond acceptors (Lipinski definition) is 1. The van der Waals surface area contributed by atoms with E-state index in [0.29, 0.717) is 5.84 Å². The van der Waals surface area contributed by atoms with Gasteiger partial charge in [-0.3, -0.25) is 0 Å². The van der Waals surface area contributed by atoms with Gasteiger partial charge in [0.1, 0.15) is 5.84 Å². The molecule has 0 radical (unpaired) electrons. The highest BCUT2D eigenvalue weighted by molar-refractivity contribution is 6.27. The summed E-state index contributed by atoms with van der Waals surface area (Å²) in [6, 6.07) is 103. The van der Waals surface area contributed by atoms with E-state index in [-0.39, 0.29) is 0 Å². The van der Waals surface area contributed by atoms with Crippen LogP contribution in [0.25, 0.3) is 127 Å². The normalized spacial score (nSPS) is 12.3. The molecule has 0 spiro atoms. The first-order chi connectivity index (χ1) is 42.5. The summed E-state index contributed by atoms with van der Waals surface area (Å²) in [5, 5.41) is 9.56. The Morgan fingerprint density at radius 2 is 0.756 bits per heavy atom. The molecule has 2 N–H and O–H groups in total. The Kier molecular flexibility index (Phi) is 13.1. The lowest BCUT2D eigenvalue weighted by atomic mass is 10.00. The van der Waals surface area contributed by atoms with Crippen molar-refractivity contribution >= 4 is 98.8 Å². The van der Waals surface area contributed by atoms with E-state index in [2.05, 4.69) is 285 Å². The molecule has 4 aromatic heterocycles. The van der Waals surface area contributed by atoms with Crippen molar-refractivity contribution in [1.82, 2.24) is 18.3 Å². The number of rotatable bonds is 10. The third-order valence-electron chi connectivity index (χ3n) is 16.9. The molecule has 16 aromatic rings. The molecular weight excluding hydrogens is 1040 g/mol. The first-order valence-electron chi connectivity index (χ1n) is 29.5. The number of fused-ring (bicyclic) bond motifs is 14. The molecule has 4 heterocycles. The van der Waals surface area contributed by atoms with Crippen molar-refractivity contribution in [2.75, 3.05) is 0 Å². The Morgan fingerprint density at radius 3 is 1.34 bits per heavy atom. The highest BCUT2D eigenvalue weighted by Crippen LogP contribution is 2.46. The minimum Gasteiger partial charge on any atom is -0.383 e. The lowest BCUT2D eigenvalue weighted by molar-refractivity contribution is 1.15. The molecule has 0 saturated carbocycles. The maximum Gasteiger partial charge on any atom is 0.131 e. The lowest BCUT2D eigenvalue weighted by Crippen LogP contribution is -2.14. The van der Waals surface area contributed by atoms with E-state index in [1.54, 1.807) is 0 Å². The van der Waals surface area contributed by atoms with E-state index in [1.807, 2.05) is 50.3 Å². The van der Waals surface area contributed by atoms with Gasteiger partial charge in [0.25, 0.3) is 0 Å². The van der Waals surface area contributed by atoms with Crippen LogP contribution in [-0.4, -0.2) is 24.1 Å². The van der Waals surface area contributed by atoms with Crippen molar-refractivity contribution in [1.29, 1.82) is 0 Å². The topological polar surface area (TPSA) is 58.1 Å². The Hall–Kier alpha value is -11.2. The Labute approximate surface area is 499 Å². The molecule has 0 atom stereocenters. The van der Waals surface area contributed by atoms with Gasteiger partial charge in [0.15, 0.2) is 0 Å². The van der Waals surface area contributed by atoms with E-state index in [0.717, 1.165) is 90.1 Å². The van der Waals surface area contributed by atoms with Crippen LogP contribution < -0.4 is 5.73 Å². The largest absolute Gasteiger partial charge is 0.383 e. The molecule has 16 rings (SSSR count). The monoisotopic (exact) mass is 1100 g/mol. The molecule has 86 heavy (non-hydrogen) atoms. The van der Waals surface area contributed by atoms with Gasteiger partial charge in [-0.1, -0.05) is 212 Å². The fourth-order valence-corrected chi connectivity index (χ4v) is 12.9. The molecule has 0 aliphatic heterocycles. The van der Waals surface area contributed by atoms with Crippen molar-refractivity contribution in [2.24, 2.45) is 10.7 Å². The van der Waals surface area contributed by atoms with Crippen LogP contribution in [0.3, 0.4) is 0 Å². The van der Waals surface area contributed by atoms with Gasteiger partial charge in [-0.15, -0.1) is 0 Å². The second-order valence-corrected chi connectivity index (χ2v) is 21.9. The van der Waals surface area contributed by atoms with Crippen LogP contribution in [0.4, 0.5) is 0 Å². The van der Waals surface area contributed by atoms with Crippen LogP contribution in [0.5, 0.6) is 0 Å². The van der Waals surface area contributed by atoms with Crippen LogP contribution >= 0.6 is 0 Å². The number of benzene rings is 12. The number of nitrogens with two attached hydrogens (primary N) is 1. The van der Waals surface area contributed by atoms with Crippen LogP contribution in [0.2, 0.25) is 0 Å². The van der Waals surface area contributed by atoms with Crippen molar-refractivity contribution in [2.45, 2.75) is 20.3 Å². The number of para-hydroxylation sites is 5.